The van der Waals surface area contributed by atoms with E-state index in [1.165, 1.54) is 30.7 Å². The summed E-state index contributed by atoms with van der Waals surface area (Å²) in [6, 6.07) is 5.83. The van der Waals surface area contributed by atoms with Crippen LogP contribution in [0.15, 0.2) is 29.2 Å². The fourth-order valence-electron chi connectivity index (χ4n) is 2.32. The molecule has 1 fully saturated rings. The summed E-state index contributed by atoms with van der Waals surface area (Å²) in [6.07, 6.45) is 3.35. The van der Waals surface area contributed by atoms with E-state index < -0.39 is 10.0 Å². The summed E-state index contributed by atoms with van der Waals surface area (Å²) < 4.78 is 26.8. The van der Waals surface area contributed by atoms with Crippen LogP contribution in [0.1, 0.15) is 19.3 Å². The SMILES string of the molecule is CN1CCCCC1CNS(=O)(=O)c1ccc(O)cc1. The van der Waals surface area contributed by atoms with Crippen molar-refractivity contribution >= 4 is 10.0 Å². The van der Waals surface area contributed by atoms with Crippen molar-refractivity contribution in [2.75, 3.05) is 20.1 Å². The first-order chi connectivity index (χ1) is 8.99. The molecule has 5 nitrogen and oxygen atoms in total. The summed E-state index contributed by atoms with van der Waals surface area (Å²) in [6.45, 7) is 1.45. The predicted octanol–water partition coefficient (Wildman–Crippen LogP) is 1.15. The number of phenols is 1. The molecule has 6 heteroatoms. The highest BCUT2D eigenvalue weighted by Gasteiger charge is 2.21. The number of phenolic OH excluding ortho intramolecular Hbond substituents is 1. The van der Waals surface area contributed by atoms with E-state index in [4.69, 9.17) is 5.11 Å². The summed E-state index contributed by atoms with van der Waals surface area (Å²) in [5.74, 6) is 0.0611. The number of likely N-dealkylation sites (tertiary alicyclic amines) is 1. The van der Waals surface area contributed by atoms with Crippen molar-refractivity contribution in [3.05, 3.63) is 24.3 Å². The van der Waals surface area contributed by atoms with Gasteiger partial charge in [0.05, 0.1) is 4.90 Å². The average Bonchev–Trinajstić information content (AvgIpc) is 2.38. The number of piperidine rings is 1. The van der Waals surface area contributed by atoms with Crippen molar-refractivity contribution in [3.8, 4) is 5.75 Å². The van der Waals surface area contributed by atoms with E-state index in [2.05, 4.69) is 9.62 Å². The topological polar surface area (TPSA) is 69.6 Å². The third-order valence-electron chi connectivity index (χ3n) is 3.58. The Hall–Kier alpha value is -1.11. The summed E-state index contributed by atoms with van der Waals surface area (Å²) in [5.41, 5.74) is 0. The molecule has 106 valence electrons. The molecule has 1 aromatic carbocycles. The van der Waals surface area contributed by atoms with Gasteiger partial charge in [0.1, 0.15) is 5.75 Å². The Kier molecular flexibility index (Phi) is 4.44. The van der Waals surface area contributed by atoms with E-state index in [1.807, 2.05) is 7.05 Å². The lowest BCUT2D eigenvalue weighted by molar-refractivity contribution is 0.187. The zero-order valence-corrected chi connectivity index (χ0v) is 11.9. The Labute approximate surface area is 114 Å². The van der Waals surface area contributed by atoms with Crippen LogP contribution in [-0.2, 0) is 10.0 Å². The largest absolute Gasteiger partial charge is 0.508 e. The third kappa shape index (κ3) is 3.68. The van der Waals surface area contributed by atoms with Gasteiger partial charge in [-0.1, -0.05) is 6.42 Å². The second-order valence-corrected chi connectivity index (χ2v) is 6.74. The van der Waals surface area contributed by atoms with Gasteiger partial charge >= 0.3 is 0 Å². The van der Waals surface area contributed by atoms with Crippen molar-refractivity contribution < 1.29 is 13.5 Å². The minimum atomic E-state index is -3.49. The van der Waals surface area contributed by atoms with Gasteiger partial charge in [-0.25, -0.2) is 13.1 Å². The second kappa shape index (κ2) is 5.90. The van der Waals surface area contributed by atoms with Crippen LogP contribution >= 0.6 is 0 Å². The molecule has 1 aromatic rings. The number of nitrogens with zero attached hydrogens (tertiary/aromatic N) is 1. The molecule has 0 amide bonds. The highest BCUT2D eigenvalue weighted by atomic mass is 32.2. The maximum atomic E-state index is 12.1. The van der Waals surface area contributed by atoms with Gasteiger partial charge in [-0.3, -0.25) is 0 Å². The summed E-state index contributed by atoms with van der Waals surface area (Å²) in [4.78, 5) is 2.38. The molecule has 0 aromatic heterocycles. The number of benzene rings is 1. The molecule has 1 aliphatic rings. The van der Waals surface area contributed by atoms with Crippen LogP contribution in [-0.4, -0.2) is 44.6 Å². The standard InChI is InChI=1S/C13H20N2O3S/c1-15-9-3-2-4-11(15)10-14-19(17,18)13-7-5-12(16)6-8-13/h5-8,11,14,16H,2-4,9-10H2,1H3. The van der Waals surface area contributed by atoms with Crippen LogP contribution in [0.25, 0.3) is 0 Å². The highest BCUT2D eigenvalue weighted by molar-refractivity contribution is 7.89. The first-order valence-corrected chi connectivity index (χ1v) is 7.96. The number of sulfonamides is 1. The van der Waals surface area contributed by atoms with Crippen molar-refractivity contribution in [2.45, 2.75) is 30.2 Å². The Morgan fingerprint density at radius 3 is 2.63 bits per heavy atom. The van der Waals surface area contributed by atoms with Crippen molar-refractivity contribution in [1.82, 2.24) is 9.62 Å². The molecule has 0 aliphatic carbocycles. The molecule has 1 atom stereocenters. The molecule has 2 N–H and O–H groups in total. The minimum absolute atomic E-state index is 0.0611. The number of nitrogens with one attached hydrogen (secondary N) is 1. The van der Waals surface area contributed by atoms with Crippen molar-refractivity contribution in [2.24, 2.45) is 0 Å². The summed E-state index contributed by atoms with van der Waals surface area (Å²) >= 11 is 0. The zero-order valence-electron chi connectivity index (χ0n) is 11.0. The van der Waals surface area contributed by atoms with Crippen LogP contribution < -0.4 is 4.72 Å². The second-order valence-electron chi connectivity index (χ2n) is 4.98. The molecular weight excluding hydrogens is 264 g/mol. The number of aromatic hydroxyl groups is 1. The molecule has 19 heavy (non-hydrogen) atoms. The smallest absolute Gasteiger partial charge is 0.240 e. The Morgan fingerprint density at radius 2 is 2.00 bits per heavy atom. The summed E-state index contributed by atoms with van der Waals surface area (Å²) in [5, 5.41) is 9.17. The molecule has 1 aliphatic heterocycles. The third-order valence-corrected chi connectivity index (χ3v) is 5.02. The number of hydrogen-bond acceptors (Lipinski definition) is 4. The molecule has 0 saturated carbocycles. The first kappa shape index (κ1) is 14.3. The maximum absolute atomic E-state index is 12.1. The number of hydrogen-bond donors (Lipinski definition) is 2. The highest BCUT2D eigenvalue weighted by Crippen LogP contribution is 2.17. The lowest BCUT2D eigenvalue weighted by Gasteiger charge is -2.32. The molecule has 0 radical (unpaired) electrons. The lowest BCUT2D eigenvalue weighted by atomic mass is 10.0. The van der Waals surface area contributed by atoms with Gasteiger partial charge in [0.25, 0.3) is 0 Å². The van der Waals surface area contributed by atoms with E-state index in [9.17, 15) is 8.42 Å². The molecule has 0 spiro atoms. The van der Waals surface area contributed by atoms with Gasteiger partial charge in [0.15, 0.2) is 0 Å². The molecule has 1 saturated heterocycles. The van der Waals surface area contributed by atoms with Gasteiger partial charge in [-0.05, 0) is 50.7 Å². The monoisotopic (exact) mass is 284 g/mol. The quantitative estimate of drug-likeness (QED) is 0.870. The molecule has 0 bridgehead atoms. The van der Waals surface area contributed by atoms with Crippen LogP contribution in [0, 0.1) is 0 Å². The normalized spacial score (nSPS) is 21.4. The van der Waals surface area contributed by atoms with Crippen molar-refractivity contribution in [1.29, 1.82) is 0 Å². The fourth-order valence-corrected chi connectivity index (χ4v) is 3.39. The van der Waals surface area contributed by atoms with E-state index in [1.54, 1.807) is 0 Å². The Bertz CT molecular complexity index is 513. The van der Waals surface area contributed by atoms with Gasteiger partial charge in [-0.2, -0.15) is 0 Å². The van der Waals surface area contributed by atoms with Gasteiger partial charge in [0.2, 0.25) is 10.0 Å². The van der Waals surface area contributed by atoms with Crippen molar-refractivity contribution in [3.63, 3.8) is 0 Å². The zero-order chi connectivity index (χ0) is 13.9. The Morgan fingerprint density at radius 1 is 1.32 bits per heavy atom. The number of likely N-dealkylation sites (N-methyl/N-ethyl adjacent to an activating group) is 1. The van der Waals surface area contributed by atoms with Gasteiger partial charge < -0.3 is 10.0 Å². The van der Waals surface area contributed by atoms with E-state index >= 15 is 0 Å². The van der Waals surface area contributed by atoms with Crippen LogP contribution in [0.2, 0.25) is 0 Å². The first-order valence-electron chi connectivity index (χ1n) is 6.48. The van der Waals surface area contributed by atoms with E-state index in [0.29, 0.717) is 6.54 Å². The number of rotatable bonds is 4. The van der Waals surface area contributed by atoms with E-state index in [-0.39, 0.29) is 16.7 Å². The lowest BCUT2D eigenvalue weighted by Crippen LogP contribution is -2.44. The molecular formula is C13H20N2O3S. The van der Waals surface area contributed by atoms with Gasteiger partial charge in [-0.15, -0.1) is 0 Å². The van der Waals surface area contributed by atoms with Crippen LogP contribution in [0.5, 0.6) is 5.75 Å². The Balaban J connectivity index is 1.99. The minimum Gasteiger partial charge on any atom is -0.508 e. The van der Waals surface area contributed by atoms with Gasteiger partial charge in [0, 0.05) is 12.6 Å². The maximum Gasteiger partial charge on any atom is 0.240 e. The predicted molar refractivity (Wildman–Crippen MR) is 73.6 cm³/mol. The summed E-state index contributed by atoms with van der Waals surface area (Å²) in [7, 11) is -1.46. The fraction of sp³-hybridized carbons (Fsp3) is 0.538. The molecule has 1 unspecified atom stereocenters. The van der Waals surface area contributed by atoms with Crippen LogP contribution in [0.4, 0.5) is 0 Å². The molecule has 1 heterocycles. The molecule has 2 rings (SSSR count). The van der Waals surface area contributed by atoms with Crippen LogP contribution in [0.3, 0.4) is 0 Å². The average molecular weight is 284 g/mol. The van der Waals surface area contributed by atoms with E-state index in [0.717, 1.165) is 19.4 Å².